The van der Waals surface area contributed by atoms with Crippen molar-refractivity contribution < 1.29 is 9.59 Å². The van der Waals surface area contributed by atoms with Crippen molar-refractivity contribution >= 4 is 23.4 Å². The van der Waals surface area contributed by atoms with Crippen molar-refractivity contribution in [3.63, 3.8) is 0 Å². The first-order chi connectivity index (χ1) is 11.1. The van der Waals surface area contributed by atoms with Gasteiger partial charge in [-0.1, -0.05) is 41.6 Å². The SMILES string of the molecule is CNC(=O)c1ccccc1C#CCNC(=O)c1cccc(Cl)c1. The molecule has 0 aliphatic rings. The van der Waals surface area contributed by atoms with Gasteiger partial charge >= 0.3 is 0 Å². The summed E-state index contributed by atoms with van der Waals surface area (Å²) in [5.41, 5.74) is 1.59. The van der Waals surface area contributed by atoms with Gasteiger partial charge in [-0.25, -0.2) is 0 Å². The van der Waals surface area contributed by atoms with E-state index in [4.69, 9.17) is 11.6 Å². The number of rotatable bonds is 3. The zero-order valence-corrected chi connectivity index (χ0v) is 13.3. The number of carbonyl (C=O) groups is 2. The number of hydrogen-bond acceptors (Lipinski definition) is 2. The Morgan fingerprint density at radius 2 is 1.87 bits per heavy atom. The third-order valence-electron chi connectivity index (χ3n) is 3.05. The van der Waals surface area contributed by atoms with Crippen molar-refractivity contribution in [3.8, 4) is 11.8 Å². The van der Waals surface area contributed by atoms with Gasteiger partial charge < -0.3 is 10.6 Å². The van der Waals surface area contributed by atoms with Crippen LogP contribution in [0.15, 0.2) is 48.5 Å². The van der Waals surface area contributed by atoms with Crippen molar-refractivity contribution in [2.75, 3.05) is 13.6 Å². The lowest BCUT2D eigenvalue weighted by Crippen LogP contribution is -2.23. The molecule has 0 bridgehead atoms. The van der Waals surface area contributed by atoms with Crippen molar-refractivity contribution in [3.05, 3.63) is 70.2 Å². The molecule has 0 saturated heterocycles. The molecule has 5 heteroatoms. The first-order valence-corrected chi connectivity index (χ1v) is 7.33. The average Bonchev–Trinajstić information content (AvgIpc) is 2.58. The van der Waals surface area contributed by atoms with Crippen LogP contribution in [-0.4, -0.2) is 25.4 Å². The quantitative estimate of drug-likeness (QED) is 0.851. The number of carbonyl (C=O) groups excluding carboxylic acids is 2. The van der Waals surface area contributed by atoms with Crippen LogP contribution in [-0.2, 0) is 0 Å². The van der Waals surface area contributed by atoms with E-state index in [0.29, 0.717) is 21.7 Å². The summed E-state index contributed by atoms with van der Waals surface area (Å²) in [5, 5.41) is 5.76. The Bertz CT molecular complexity index is 791. The first-order valence-electron chi connectivity index (χ1n) is 6.95. The third kappa shape index (κ3) is 4.60. The molecule has 2 N–H and O–H groups in total. The second kappa shape index (κ2) is 8.02. The van der Waals surface area contributed by atoms with Crippen LogP contribution in [0.1, 0.15) is 26.3 Å². The van der Waals surface area contributed by atoms with Crippen LogP contribution in [0.4, 0.5) is 0 Å². The van der Waals surface area contributed by atoms with Gasteiger partial charge in [0.1, 0.15) is 0 Å². The second-order valence-corrected chi connectivity index (χ2v) is 5.06. The molecule has 116 valence electrons. The van der Waals surface area contributed by atoms with E-state index >= 15 is 0 Å². The monoisotopic (exact) mass is 326 g/mol. The van der Waals surface area contributed by atoms with Gasteiger partial charge in [-0.15, -0.1) is 0 Å². The lowest BCUT2D eigenvalue weighted by Gasteiger charge is -2.03. The Balaban J connectivity index is 2.02. The number of hydrogen-bond donors (Lipinski definition) is 2. The van der Waals surface area contributed by atoms with E-state index in [1.165, 1.54) is 0 Å². The van der Waals surface area contributed by atoms with Crippen LogP contribution in [0.3, 0.4) is 0 Å². The van der Waals surface area contributed by atoms with E-state index in [9.17, 15) is 9.59 Å². The normalized spacial score (nSPS) is 9.48. The summed E-state index contributed by atoms with van der Waals surface area (Å²) in [7, 11) is 1.57. The predicted octanol–water partition coefficient (Wildman–Crippen LogP) is 2.48. The highest BCUT2D eigenvalue weighted by molar-refractivity contribution is 6.30. The van der Waals surface area contributed by atoms with Gasteiger partial charge in [-0.2, -0.15) is 0 Å². The Labute approximate surface area is 139 Å². The van der Waals surface area contributed by atoms with Gasteiger partial charge in [-0.05, 0) is 30.3 Å². The van der Waals surface area contributed by atoms with E-state index in [0.717, 1.165) is 0 Å². The van der Waals surface area contributed by atoms with Crippen LogP contribution in [0, 0.1) is 11.8 Å². The maximum absolute atomic E-state index is 11.9. The Morgan fingerprint density at radius 1 is 1.09 bits per heavy atom. The van der Waals surface area contributed by atoms with Crippen molar-refractivity contribution in [2.45, 2.75) is 0 Å². The Kier molecular flexibility index (Phi) is 5.79. The summed E-state index contributed by atoms with van der Waals surface area (Å²) in [6.45, 7) is 0.174. The van der Waals surface area contributed by atoms with Gasteiger partial charge in [0.25, 0.3) is 11.8 Å². The summed E-state index contributed by atoms with van der Waals surface area (Å²) >= 11 is 5.85. The van der Waals surface area contributed by atoms with Crippen molar-refractivity contribution in [1.29, 1.82) is 0 Å². The largest absolute Gasteiger partial charge is 0.355 e. The number of benzene rings is 2. The topological polar surface area (TPSA) is 58.2 Å². The molecule has 0 heterocycles. The molecule has 2 rings (SSSR count). The maximum Gasteiger partial charge on any atom is 0.252 e. The van der Waals surface area contributed by atoms with Gasteiger partial charge in [0, 0.05) is 23.2 Å². The van der Waals surface area contributed by atoms with E-state index in [2.05, 4.69) is 22.5 Å². The molecular formula is C18H15ClN2O2. The molecule has 23 heavy (non-hydrogen) atoms. The molecule has 0 atom stereocenters. The van der Waals surface area contributed by atoms with Crippen LogP contribution in [0.25, 0.3) is 0 Å². The molecule has 2 aromatic carbocycles. The van der Waals surface area contributed by atoms with Gasteiger partial charge in [-0.3, -0.25) is 9.59 Å². The van der Waals surface area contributed by atoms with Crippen LogP contribution in [0.5, 0.6) is 0 Å². The van der Waals surface area contributed by atoms with Crippen molar-refractivity contribution in [2.24, 2.45) is 0 Å². The fourth-order valence-corrected chi connectivity index (χ4v) is 2.11. The summed E-state index contributed by atoms with van der Waals surface area (Å²) in [5.74, 6) is 5.29. The molecule has 4 nitrogen and oxygen atoms in total. The van der Waals surface area contributed by atoms with Crippen molar-refractivity contribution in [1.82, 2.24) is 10.6 Å². The summed E-state index contributed by atoms with van der Waals surface area (Å²) in [6, 6.07) is 13.7. The highest BCUT2D eigenvalue weighted by Gasteiger charge is 2.07. The molecule has 0 unspecified atom stereocenters. The molecule has 2 amide bonds. The molecule has 0 aliphatic carbocycles. The zero-order valence-electron chi connectivity index (χ0n) is 12.5. The molecular weight excluding hydrogens is 312 g/mol. The minimum atomic E-state index is -0.249. The fraction of sp³-hybridized carbons (Fsp3) is 0.111. The van der Waals surface area contributed by atoms with E-state index in [1.807, 2.05) is 0 Å². The third-order valence-corrected chi connectivity index (χ3v) is 3.28. The smallest absolute Gasteiger partial charge is 0.252 e. The van der Waals surface area contributed by atoms with Crippen LogP contribution in [0.2, 0.25) is 5.02 Å². The minimum Gasteiger partial charge on any atom is -0.355 e. The summed E-state index contributed by atoms with van der Waals surface area (Å²) in [4.78, 5) is 23.7. The highest BCUT2D eigenvalue weighted by Crippen LogP contribution is 2.10. The van der Waals surface area contributed by atoms with Gasteiger partial charge in [0.15, 0.2) is 0 Å². The zero-order chi connectivity index (χ0) is 16.7. The first kappa shape index (κ1) is 16.6. The Morgan fingerprint density at radius 3 is 2.61 bits per heavy atom. The molecule has 0 saturated carbocycles. The van der Waals surface area contributed by atoms with E-state index in [1.54, 1.807) is 55.6 Å². The Hall–Kier alpha value is -2.77. The lowest BCUT2D eigenvalue weighted by atomic mass is 10.1. The van der Waals surface area contributed by atoms with Crippen LogP contribution >= 0.6 is 11.6 Å². The van der Waals surface area contributed by atoms with Crippen LogP contribution < -0.4 is 10.6 Å². The summed E-state index contributed by atoms with van der Waals surface area (Å²) in [6.07, 6.45) is 0. The number of halogens is 1. The lowest BCUT2D eigenvalue weighted by molar-refractivity contribution is 0.0952. The molecule has 2 aromatic rings. The fourth-order valence-electron chi connectivity index (χ4n) is 1.92. The molecule has 0 aromatic heterocycles. The highest BCUT2D eigenvalue weighted by atomic mass is 35.5. The number of amides is 2. The minimum absolute atomic E-state index is 0.174. The second-order valence-electron chi connectivity index (χ2n) is 4.62. The van der Waals surface area contributed by atoms with E-state index < -0.39 is 0 Å². The molecule has 0 radical (unpaired) electrons. The van der Waals surface area contributed by atoms with E-state index in [-0.39, 0.29) is 18.4 Å². The predicted molar refractivity (Wildman–Crippen MR) is 90.5 cm³/mol. The van der Waals surface area contributed by atoms with Gasteiger partial charge in [0.2, 0.25) is 0 Å². The molecule has 0 fully saturated rings. The number of nitrogens with one attached hydrogen (secondary N) is 2. The van der Waals surface area contributed by atoms with Gasteiger partial charge in [0.05, 0.1) is 12.1 Å². The maximum atomic E-state index is 11.9. The molecule has 0 spiro atoms. The summed E-state index contributed by atoms with van der Waals surface area (Å²) < 4.78 is 0. The standard InChI is InChI=1S/C18H15ClN2O2/c1-20-18(23)16-10-3-2-6-13(16)8-5-11-21-17(22)14-7-4-9-15(19)12-14/h2-4,6-7,9-10,12H,11H2,1H3,(H,20,23)(H,21,22). The average molecular weight is 327 g/mol. The molecule has 0 aliphatic heterocycles.